The van der Waals surface area contributed by atoms with Gasteiger partial charge in [-0.3, -0.25) is 0 Å². The normalized spacial score (nSPS) is 18.3. The molecule has 1 aliphatic heterocycles. The molecule has 15 heavy (non-hydrogen) atoms. The van der Waals surface area contributed by atoms with Crippen molar-refractivity contribution in [1.82, 2.24) is 9.97 Å². The number of aliphatic hydroxyl groups is 1. The van der Waals surface area contributed by atoms with Crippen LogP contribution in [-0.4, -0.2) is 34.9 Å². The lowest BCUT2D eigenvalue weighted by molar-refractivity contribution is 0.0846. The van der Waals surface area contributed by atoms with Crippen LogP contribution in [0.1, 0.15) is 30.3 Å². The maximum absolute atomic E-state index is 8.81. The molecular formula is C10H15ClN2O2. The fourth-order valence-corrected chi connectivity index (χ4v) is 2.20. The number of hydrogen-bond donors (Lipinski definition) is 2. The predicted molar refractivity (Wildman–Crippen MR) is 57.2 cm³/mol. The zero-order chi connectivity index (χ0) is 10.7. The van der Waals surface area contributed by atoms with Crippen LogP contribution < -0.4 is 0 Å². The molecule has 2 rings (SSSR count). The first kappa shape index (κ1) is 10.9. The van der Waals surface area contributed by atoms with Crippen molar-refractivity contribution in [3.63, 3.8) is 0 Å². The number of aliphatic hydroxyl groups excluding tert-OH is 1. The Hall–Kier alpha value is -0.580. The maximum atomic E-state index is 8.81. The Morgan fingerprint density at radius 3 is 2.87 bits per heavy atom. The van der Waals surface area contributed by atoms with Crippen LogP contribution in [0.25, 0.3) is 0 Å². The fourth-order valence-electron chi connectivity index (χ4n) is 1.89. The lowest BCUT2D eigenvalue weighted by Crippen LogP contribution is -2.14. The summed E-state index contributed by atoms with van der Waals surface area (Å²) in [6.45, 7) is 1.67. The molecule has 5 heteroatoms. The molecule has 2 N–H and O–H groups in total. The Labute approximate surface area is 93.6 Å². The molecule has 2 heterocycles. The van der Waals surface area contributed by atoms with Crippen molar-refractivity contribution in [3.05, 3.63) is 16.7 Å². The summed E-state index contributed by atoms with van der Waals surface area (Å²) in [5.41, 5.74) is 1.00. The largest absolute Gasteiger partial charge is 0.396 e. The molecule has 0 radical (unpaired) electrons. The Kier molecular flexibility index (Phi) is 3.61. The first-order valence-corrected chi connectivity index (χ1v) is 5.62. The van der Waals surface area contributed by atoms with E-state index in [1.807, 2.05) is 0 Å². The SMILES string of the molecule is OCCc1nc(Cl)c(C2CCOCC2)[nH]1. The smallest absolute Gasteiger partial charge is 0.150 e. The number of imidazole rings is 1. The van der Waals surface area contributed by atoms with E-state index in [4.69, 9.17) is 21.4 Å². The number of nitrogens with one attached hydrogen (secondary N) is 1. The maximum Gasteiger partial charge on any atom is 0.150 e. The molecule has 1 fully saturated rings. The lowest BCUT2D eigenvalue weighted by atomic mass is 9.97. The second-order valence-corrected chi connectivity index (χ2v) is 4.11. The van der Waals surface area contributed by atoms with E-state index in [1.54, 1.807) is 0 Å². The quantitative estimate of drug-likeness (QED) is 0.827. The third-order valence-electron chi connectivity index (χ3n) is 2.71. The molecule has 0 atom stereocenters. The van der Waals surface area contributed by atoms with Gasteiger partial charge in [-0.15, -0.1) is 0 Å². The minimum absolute atomic E-state index is 0.0943. The van der Waals surface area contributed by atoms with Gasteiger partial charge >= 0.3 is 0 Å². The number of rotatable bonds is 3. The topological polar surface area (TPSA) is 58.1 Å². The van der Waals surface area contributed by atoms with Gasteiger partial charge in [0.2, 0.25) is 0 Å². The minimum Gasteiger partial charge on any atom is -0.396 e. The van der Waals surface area contributed by atoms with Gasteiger partial charge in [-0.1, -0.05) is 11.6 Å². The van der Waals surface area contributed by atoms with Crippen molar-refractivity contribution in [2.24, 2.45) is 0 Å². The second kappa shape index (κ2) is 4.96. The van der Waals surface area contributed by atoms with E-state index < -0.39 is 0 Å². The molecule has 0 spiro atoms. The van der Waals surface area contributed by atoms with Crippen molar-refractivity contribution in [2.75, 3.05) is 19.8 Å². The Morgan fingerprint density at radius 2 is 2.20 bits per heavy atom. The number of aromatic amines is 1. The number of H-pyrrole nitrogens is 1. The number of nitrogens with zero attached hydrogens (tertiary/aromatic N) is 1. The first-order valence-electron chi connectivity index (χ1n) is 5.24. The van der Waals surface area contributed by atoms with Crippen LogP contribution in [0.2, 0.25) is 5.15 Å². The summed E-state index contributed by atoms with van der Waals surface area (Å²) in [5.74, 6) is 1.19. The average molecular weight is 231 g/mol. The standard InChI is InChI=1S/C10H15ClN2O2/c11-10-9(7-2-5-15-6-3-7)12-8(13-10)1-4-14/h7,14H,1-6H2,(H,12,13). The number of ether oxygens (including phenoxy) is 1. The van der Waals surface area contributed by atoms with Crippen molar-refractivity contribution in [2.45, 2.75) is 25.2 Å². The molecule has 0 unspecified atom stereocenters. The highest BCUT2D eigenvalue weighted by atomic mass is 35.5. The highest BCUT2D eigenvalue weighted by Crippen LogP contribution is 2.30. The van der Waals surface area contributed by atoms with Crippen molar-refractivity contribution in [3.8, 4) is 0 Å². The molecule has 0 amide bonds. The number of aromatic nitrogens is 2. The van der Waals surface area contributed by atoms with Gasteiger partial charge < -0.3 is 14.8 Å². The van der Waals surface area contributed by atoms with Crippen LogP contribution in [0.5, 0.6) is 0 Å². The van der Waals surface area contributed by atoms with Gasteiger partial charge in [0.05, 0.1) is 12.3 Å². The molecular weight excluding hydrogens is 216 g/mol. The van der Waals surface area contributed by atoms with E-state index in [9.17, 15) is 0 Å². The molecule has 1 aliphatic rings. The van der Waals surface area contributed by atoms with Crippen molar-refractivity contribution in [1.29, 1.82) is 0 Å². The highest BCUT2D eigenvalue weighted by molar-refractivity contribution is 6.30. The molecule has 0 saturated carbocycles. The zero-order valence-electron chi connectivity index (χ0n) is 8.50. The second-order valence-electron chi connectivity index (χ2n) is 3.75. The van der Waals surface area contributed by atoms with Gasteiger partial charge in [-0.25, -0.2) is 4.98 Å². The third-order valence-corrected chi connectivity index (χ3v) is 3.00. The Morgan fingerprint density at radius 1 is 1.47 bits per heavy atom. The third kappa shape index (κ3) is 2.51. The van der Waals surface area contributed by atoms with Crippen LogP contribution in [0.15, 0.2) is 0 Å². The predicted octanol–water partition coefficient (Wildman–Crippen LogP) is 1.49. The average Bonchev–Trinajstić information content (AvgIpc) is 2.61. The molecule has 1 aromatic heterocycles. The van der Waals surface area contributed by atoms with Gasteiger partial charge in [0.15, 0.2) is 5.15 Å². The fraction of sp³-hybridized carbons (Fsp3) is 0.700. The van der Waals surface area contributed by atoms with Gasteiger partial charge in [-0.05, 0) is 12.8 Å². The summed E-state index contributed by atoms with van der Waals surface area (Å²) in [6, 6.07) is 0. The molecule has 1 saturated heterocycles. The summed E-state index contributed by atoms with van der Waals surface area (Å²) in [4.78, 5) is 7.38. The zero-order valence-corrected chi connectivity index (χ0v) is 9.26. The summed E-state index contributed by atoms with van der Waals surface area (Å²) in [6.07, 6.45) is 2.50. The number of hydrogen-bond acceptors (Lipinski definition) is 3. The Balaban J connectivity index is 2.11. The highest BCUT2D eigenvalue weighted by Gasteiger charge is 2.21. The van der Waals surface area contributed by atoms with Gasteiger partial charge in [0.1, 0.15) is 5.82 Å². The van der Waals surface area contributed by atoms with Gasteiger partial charge in [0.25, 0.3) is 0 Å². The van der Waals surface area contributed by atoms with Crippen LogP contribution >= 0.6 is 11.6 Å². The minimum atomic E-state index is 0.0943. The molecule has 0 aliphatic carbocycles. The summed E-state index contributed by atoms with van der Waals surface area (Å²) >= 11 is 6.05. The van der Waals surface area contributed by atoms with Gasteiger partial charge in [0, 0.05) is 25.6 Å². The van der Waals surface area contributed by atoms with Crippen molar-refractivity contribution >= 4 is 11.6 Å². The monoisotopic (exact) mass is 230 g/mol. The van der Waals surface area contributed by atoms with E-state index in [1.165, 1.54) is 0 Å². The molecule has 0 aromatic carbocycles. The van der Waals surface area contributed by atoms with E-state index in [0.717, 1.165) is 37.6 Å². The van der Waals surface area contributed by atoms with Crippen LogP contribution in [-0.2, 0) is 11.2 Å². The van der Waals surface area contributed by atoms with Crippen LogP contribution in [0.3, 0.4) is 0 Å². The van der Waals surface area contributed by atoms with E-state index in [-0.39, 0.29) is 6.61 Å². The molecule has 1 aromatic rings. The summed E-state index contributed by atoms with van der Waals surface area (Å²) in [5, 5.41) is 9.35. The van der Waals surface area contributed by atoms with E-state index in [2.05, 4.69) is 9.97 Å². The lowest BCUT2D eigenvalue weighted by Gasteiger charge is -2.20. The summed E-state index contributed by atoms with van der Waals surface area (Å²) in [7, 11) is 0. The molecule has 0 bridgehead atoms. The van der Waals surface area contributed by atoms with E-state index >= 15 is 0 Å². The van der Waals surface area contributed by atoms with Gasteiger partial charge in [-0.2, -0.15) is 0 Å². The van der Waals surface area contributed by atoms with Crippen LogP contribution in [0.4, 0.5) is 0 Å². The number of halogens is 1. The molecule has 84 valence electrons. The van der Waals surface area contributed by atoms with E-state index in [0.29, 0.717) is 17.5 Å². The first-order chi connectivity index (χ1) is 7.31. The van der Waals surface area contributed by atoms with Crippen molar-refractivity contribution < 1.29 is 9.84 Å². The van der Waals surface area contributed by atoms with Crippen LogP contribution in [0, 0.1) is 0 Å². The molecule has 4 nitrogen and oxygen atoms in total. The Bertz CT molecular complexity index is 321. The summed E-state index contributed by atoms with van der Waals surface area (Å²) < 4.78 is 5.30.